The molecule has 0 aromatic heterocycles. The minimum Gasteiger partial charge on any atom is -0.484 e. The van der Waals surface area contributed by atoms with Gasteiger partial charge in [0.25, 0.3) is 5.91 Å². The molecule has 0 radical (unpaired) electrons. The number of aliphatic hydroxyl groups excluding tert-OH is 2. The van der Waals surface area contributed by atoms with Gasteiger partial charge in [0.2, 0.25) is 11.8 Å². The fourth-order valence-electron chi connectivity index (χ4n) is 8.59. The largest absolute Gasteiger partial charge is 0.484 e. The van der Waals surface area contributed by atoms with Crippen molar-refractivity contribution in [2.45, 2.75) is 62.8 Å². The van der Waals surface area contributed by atoms with E-state index in [4.69, 9.17) is 4.74 Å². The first-order valence-corrected chi connectivity index (χ1v) is 20.0. The molecule has 2 aliphatic heterocycles. The van der Waals surface area contributed by atoms with E-state index in [-0.39, 0.29) is 49.3 Å². The summed E-state index contributed by atoms with van der Waals surface area (Å²) in [6, 6.07) is 34.7. The number of ether oxygens (including phenoxy) is 1. The van der Waals surface area contributed by atoms with Crippen LogP contribution in [-0.2, 0) is 40.1 Å². The van der Waals surface area contributed by atoms with Crippen LogP contribution in [0.3, 0.4) is 0 Å². The van der Waals surface area contributed by atoms with E-state index in [0.717, 1.165) is 40.9 Å². The molecule has 0 saturated carbocycles. The Labute approximate surface area is 330 Å². The molecule has 3 aliphatic rings. The van der Waals surface area contributed by atoms with E-state index < -0.39 is 24.2 Å². The predicted molar refractivity (Wildman–Crippen MR) is 215 cm³/mol. The number of β-amino-alcohol motifs (C(OH)–C–C–N with tert-alkyl or cyclic N) is 1. The molecular weight excluding hydrogens is 705 g/mol. The van der Waals surface area contributed by atoms with Crippen molar-refractivity contribution < 1.29 is 29.3 Å². The molecule has 56 heavy (non-hydrogen) atoms. The first-order chi connectivity index (χ1) is 27.2. The molecule has 1 aliphatic carbocycles. The Morgan fingerprint density at radius 1 is 0.821 bits per heavy atom. The van der Waals surface area contributed by atoms with E-state index >= 15 is 0 Å². The number of likely N-dealkylation sites (N-methyl/N-ethyl adjacent to an activating group) is 1. The number of hydrogen-bond donors (Lipinski definition) is 3. The van der Waals surface area contributed by atoms with Crippen LogP contribution in [0.15, 0.2) is 109 Å². The Hall–Kier alpha value is -5.03. The van der Waals surface area contributed by atoms with Gasteiger partial charge >= 0.3 is 0 Å². The lowest BCUT2D eigenvalue weighted by Gasteiger charge is -2.32. The van der Waals surface area contributed by atoms with Gasteiger partial charge in [-0.05, 0) is 79.1 Å². The van der Waals surface area contributed by atoms with E-state index in [1.165, 1.54) is 0 Å². The molecule has 3 N–H and O–H groups in total. The van der Waals surface area contributed by atoms with Gasteiger partial charge in [-0.15, -0.1) is 0 Å². The Balaban J connectivity index is 1.05. The van der Waals surface area contributed by atoms with Crippen LogP contribution in [0.5, 0.6) is 5.75 Å². The average Bonchev–Trinajstić information content (AvgIpc) is 3.68. The first-order valence-electron chi connectivity index (χ1n) is 20.0. The van der Waals surface area contributed by atoms with Gasteiger partial charge in [-0.2, -0.15) is 0 Å². The second-order valence-electron chi connectivity index (χ2n) is 15.8. The monoisotopic (exact) mass is 758 g/mol. The zero-order valence-electron chi connectivity index (χ0n) is 32.2. The number of carbonyl (C=O) groups is 3. The third-order valence-electron chi connectivity index (χ3n) is 11.7. The van der Waals surface area contributed by atoms with E-state index in [0.29, 0.717) is 50.9 Å². The van der Waals surface area contributed by atoms with Gasteiger partial charge < -0.3 is 35.0 Å². The van der Waals surface area contributed by atoms with Crippen molar-refractivity contribution >= 4 is 17.7 Å². The molecule has 10 nitrogen and oxygen atoms in total. The highest BCUT2D eigenvalue weighted by Gasteiger charge is 2.41. The molecule has 3 amide bonds. The number of nitrogens with zero attached hydrogens (tertiary/aromatic N) is 3. The third-order valence-corrected chi connectivity index (χ3v) is 11.7. The summed E-state index contributed by atoms with van der Waals surface area (Å²) in [6.45, 7) is 3.13. The van der Waals surface area contributed by atoms with Gasteiger partial charge in [-0.3, -0.25) is 14.4 Å². The highest BCUT2D eigenvalue weighted by molar-refractivity contribution is 5.82. The molecule has 7 rings (SSSR count). The summed E-state index contributed by atoms with van der Waals surface area (Å²) in [6.07, 6.45) is 1.19. The third kappa shape index (κ3) is 9.85. The number of hydrogen-bond acceptors (Lipinski definition) is 7. The lowest BCUT2D eigenvalue weighted by atomic mass is 9.91. The van der Waals surface area contributed by atoms with Gasteiger partial charge in [0.05, 0.1) is 18.2 Å². The summed E-state index contributed by atoms with van der Waals surface area (Å²) in [5.74, 6) is -0.567. The van der Waals surface area contributed by atoms with E-state index in [9.17, 15) is 24.6 Å². The van der Waals surface area contributed by atoms with Gasteiger partial charge in [-0.1, -0.05) is 97.1 Å². The number of likely N-dealkylation sites (tertiary alicyclic amines) is 1. The number of benzene rings is 4. The number of piperazine rings is 1. The van der Waals surface area contributed by atoms with Crippen LogP contribution >= 0.6 is 0 Å². The maximum atomic E-state index is 14.2. The van der Waals surface area contributed by atoms with Crippen molar-refractivity contribution in [2.24, 2.45) is 11.8 Å². The van der Waals surface area contributed by atoms with Crippen molar-refractivity contribution in [2.75, 3.05) is 46.4 Å². The molecular formula is C46H54N4O6. The fraction of sp³-hybridized carbons (Fsp3) is 0.413. The van der Waals surface area contributed by atoms with Crippen LogP contribution in [0.1, 0.15) is 46.7 Å². The highest BCUT2D eigenvalue weighted by Crippen LogP contribution is 2.33. The molecule has 4 aromatic carbocycles. The predicted octanol–water partition coefficient (Wildman–Crippen LogP) is 4.23. The minimum atomic E-state index is -0.965. The Bertz CT molecular complexity index is 1920. The van der Waals surface area contributed by atoms with Crippen molar-refractivity contribution in [1.82, 2.24) is 20.0 Å². The lowest BCUT2D eigenvalue weighted by molar-refractivity contribution is -0.135. The van der Waals surface area contributed by atoms with Crippen LogP contribution in [0, 0.1) is 11.8 Å². The second kappa shape index (κ2) is 18.3. The molecule has 2 fully saturated rings. The van der Waals surface area contributed by atoms with Crippen LogP contribution in [0.4, 0.5) is 0 Å². The highest BCUT2D eigenvalue weighted by atomic mass is 16.5. The zero-order chi connectivity index (χ0) is 39.0. The molecule has 10 heteroatoms. The molecule has 294 valence electrons. The summed E-state index contributed by atoms with van der Waals surface area (Å²) >= 11 is 0. The first kappa shape index (κ1) is 39.2. The van der Waals surface area contributed by atoms with Gasteiger partial charge in [-0.25, -0.2) is 0 Å². The number of aliphatic hydroxyl groups is 2. The van der Waals surface area contributed by atoms with E-state index in [2.05, 4.69) is 22.3 Å². The van der Waals surface area contributed by atoms with Crippen molar-refractivity contribution in [3.05, 3.63) is 137 Å². The summed E-state index contributed by atoms with van der Waals surface area (Å²) in [5, 5.41) is 25.9. The SMILES string of the molecule is CN1CCN(C(=O)COc2ccc(C[C@@H](C[C@H](O)CN3C(=O)[C@@H](Cc4ccccc4)C[C@@H]3Cc3ccccc3)C(=O)N[C@H]3c4ccccc4C[C@H]3O)cc2)CC1. The van der Waals surface area contributed by atoms with Crippen LogP contribution in [0.2, 0.25) is 0 Å². The molecule has 2 heterocycles. The molecule has 0 spiro atoms. The standard InChI is InChI=1S/C46H54N4O6/c1-48-20-22-49(23-21-48)43(53)31-56-40-18-16-34(17-19-40)24-36(45(54)47-44-41-15-9-8-14-35(41)29-42(44)52)28-39(51)30-50-38(26-33-12-6-3-7-13-33)27-37(46(50)55)25-32-10-4-2-5-11-32/h2-19,36-39,42,44,51-52H,20-31H2,1H3,(H,47,54)/t36-,37-,38-,39-,42+,44-/m0/s1. The van der Waals surface area contributed by atoms with E-state index in [1.54, 1.807) is 12.1 Å². The topological polar surface area (TPSA) is 123 Å². The van der Waals surface area contributed by atoms with Crippen molar-refractivity contribution in [3.8, 4) is 5.75 Å². The summed E-state index contributed by atoms with van der Waals surface area (Å²) in [4.78, 5) is 46.8. The van der Waals surface area contributed by atoms with E-state index in [1.807, 2.05) is 102 Å². The molecule has 0 unspecified atom stereocenters. The fourth-order valence-corrected chi connectivity index (χ4v) is 8.59. The zero-order valence-corrected chi connectivity index (χ0v) is 32.2. The average molecular weight is 759 g/mol. The molecule has 0 bridgehead atoms. The Morgan fingerprint density at radius 2 is 1.46 bits per heavy atom. The second-order valence-corrected chi connectivity index (χ2v) is 15.8. The maximum absolute atomic E-state index is 14.2. The van der Waals surface area contributed by atoms with Gasteiger partial charge in [0.1, 0.15) is 5.75 Å². The minimum absolute atomic E-state index is 0.0298. The maximum Gasteiger partial charge on any atom is 0.260 e. The van der Waals surface area contributed by atoms with Gasteiger partial charge in [0, 0.05) is 57.0 Å². The lowest BCUT2D eigenvalue weighted by Crippen LogP contribution is -2.48. The van der Waals surface area contributed by atoms with Crippen molar-refractivity contribution in [3.63, 3.8) is 0 Å². The van der Waals surface area contributed by atoms with Crippen LogP contribution in [-0.4, -0.2) is 107 Å². The summed E-state index contributed by atoms with van der Waals surface area (Å²) in [5.41, 5.74) is 5.01. The number of amides is 3. The smallest absolute Gasteiger partial charge is 0.260 e. The molecule has 2 saturated heterocycles. The van der Waals surface area contributed by atoms with Gasteiger partial charge in [0.15, 0.2) is 6.61 Å². The molecule has 4 aromatic rings. The summed E-state index contributed by atoms with van der Waals surface area (Å²) in [7, 11) is 2.05. The summed E-state index contributed by atoms with van der Waals surface area (Å²) < 4.78 is 5.85. The number of nitrogens with one attached hydrogen (secondary N) is 1. The quantitative estimate of drug-likeness (QED) is 0.166. The van der Waals surface area contributed by atoms with Crippen LogP contribution in [0.25, 0.3) is 0 Å². The number of carbonyl (C=O) groups excluding carboxylic acids is 3. The Kier molecular flexibility index (Phi) is 12.8. The van der Waals surface area contributed by atoms with Crippen LogP contribution < -0.4 is 10.1 Å². The van der Waals surface area contributed by atoms with Crippen molar-refractivity contribution in [1.29, 1.82) is 0 Å². The Morgan fingerprint density at radius 3 is 2.16 bits per heavy atom. The molecule has 6 atom stereocenters. The number of rotatable bonds is 15. The number of fused-ring (bicyclic) bond motifs is 1. The normalized spacial score (nSPS) is 22.1.